The van der Waals surface area contributed by atoms with Crippen LogP contribution in [-0.2, 0) is 17.6 Å². The zero-order valence-corrected chi connectivity index (χ0v) is 11.3. The van der Waals surface area contributed by atoms with Gasteiger partial charge in [0.25, 0.3) is 0 Å². The van der Waals surface area contributed by atoms with E-state index in [9.17, 15) is 4.79 Å². The molecule has 0 saturated heterocycles. The summed E-state index contributed by atoms with van der Waals surface area (Å²) < 4.78 is 0. The highest BCUT2D eigenvalue weighted by Crippen LogP contribution is 2.15. The molecule has 2 aromatic rings. The van der Waals surface area contributed by atoms with Gasteiger partial charge in [0.05, 0.1) is 0 Å². The molecule has 0 spiro atoms. The summed E-state index contributed by atoms with van der Waals surface area (Å²) in [5.74, 6) is -0.281. The van der Waals surface area contributed by atoms with Crippen molar-refractivity contribution in [2.45, 2.75) is 12.8 Å². The summed E-state index contributed by atoms with van der Waals surface area (Å²) in [5, 5.41) is 0. The number of benzene rings is 2. The summed E-state index contributed by atoms with van der Waals surface area (Å²) in [4.78, 5) is 14.1. The second kappa shape index (κ2) is 6.95. The number of amides is 1. The Hall–Kier alpha value is -1.80. The Morgan fingerprint density at radius 1 is 0.895 bits per heavy atom. The van der Waals surface area contributed by atoms with E-state index in [2.05, 4.69) is 4.84 Å². The third kappa shape index (κ3) is 4.11. The fourth-order valence-corrected chi connectivity index (χ4v) is 2.29. The predicted molar refractivity (Wildman–Crippen MR) is 77.8 cm³/mol. The van der Waals surface area contributed by atoms with Gasteiger partial charge < -0.3 is 0 Å². The Kier molecular flexibility index (Phi) is 4.99. The largest absolute Gasteiger partial charge is 0.273 e. The molecular weight excluding hydrogens is 258 g/mol. The maximum atomic E-state index is 11.9. The first-order valence-corrected chi connectivity index (χ1v) is 6.65. The predicted octanol–water partition coefficient (Wildman–Crippen LogP) is 3.36. The monoisotopic (exact) mass is 273 g/mol. The van der Waals surface area contributed by atoms with Crippen molar-refractivity contribution in [3.05, 3.63) is 71.8 Å². The molecule has 0 saturated carbocycles. The van der Waals surface area contributed by atoms with E-state index in [0.717, 1.165) is 11.1 Å². The fourth-order valence-electron chi connectivity index (χ4n) is 2.13. The number of nitrogens with one attached hydrogen (secondary N) is 1. The Balaban J connectivity index is 2.10. The topological polar surface area (TPSA) is 29.1 Å². The lowest BCUT2D eigenvalue weighted by Crippen LogP contribution is -2.27. The van der Waals surface area contributed by atoms with Crippen molar-refractivity contribution in [2.24, 2.45) is 5.92 Å². The zero-order chi connectivity index (χ0) is 13.5. The van der Waals surface area contributed by atoms with Gasteiger partial charge in [0, 0.05) is 17.7 Å². The highest BCUT2D eigenvalue weighted by molar-refractivity contribution is 6.21. The molecule has 0 unspecified atom stereocenters. The lowest BCUT2D eigenvalue weighted by molar-refractivity contribution is -0.123. The van der Waals surface area contributed by atoms with E-state index in [1.807, 2.05) is 60.7 Å². The second-order valence-electron chi connectivity index (χ2n) is 4.54. The molecule has 2 nitrogen and oxygen atoms in total. The Morgan fingerprint density at radius 2 is 1.32 bits per heavy atom. The molecule has 2 rings (SSSR count). The maximum Gasteiger partial charge on any atom is 0.238 e. The molecule has 0 aliphatic rings. The number of hydrogen-bond donors (Lipinski definition) is 1. The van der Waals surface area contributed by atoms with Crippen LogP contribution in [0.25, 0.3) is 0 Å². The average molecular weight is 274 g/mol. The lowest BCUT2D eigenvalue weighted by Gasteiger charge is -2.14. The maximum absolute atomic E-state index is 11.9. The SMILES string of the molecule is O=C(NCl)C(Cc1ccccc1)Cc1ccccc1. The van der Waals surface area contributed by atoms with E-state index in [-0.39, 0.29) is 11.8 Å². The van der Waals surface area contributed by atoms with Gasteiger partial charge in [-0.05, 0) is 24.0 Å². The van der Waals surface area contributed by atoms with Crippen LogP contribution in [0.4, 0.5) is 0 Å². The van der Waals surface area contributed by atoms with Crippen molar-refractivity contribution < 1.29 is 4.79 Å². The van der Waals surface area contributed by atoms with E-state index in [1.165, 1.54) is 0 Å². The van der Waals surface area contributed by atoms with E-state index in [1.54, 1.807) is 0 Å². The average Bonchev–Trinajstić information content (AvgIpc) is 2.48. The van der Waals surface area contributed by atoms with Crippen molar-refractivity contribution >= 4 is 17.7 Å². The fraction of sp³-hybridized carbons (Fsp3) is 0.188. The molecule has 0 fully saturated rings. The van der Waals surface area contributed by atoms with Gasteiger partial charge in [0.1, 0.15) is 0 Å². The molecular formula is C16H16ClNO. The van der Waals surface area contributed by atoms with Crippen molar-refractivity contribution in [3.8, 4) is 0 Å². The number of rotatable bonds is 5. The van der Waals surface area contributed by atoms with Crippen LogP contribution in [-0.4, -0.2) is 5.91 Å². The molecule has 1 amide bonds. The molecule has 0 heterocycles. The standard InChI is InChI=1S/C16H16ClNO/c17-18-16(19)15(11-13-7-3-1-4-8-13)12-14-9-5-2-6-10-14/h1-10,15H,11-12H2,(H,18,19). The minimum atomic E-state index is -0.151. The van der Waals surface area contributed by atoms with E-state index >= 15 is 0 Å². The molecule has 0 aliphatic carbocycles. The number of hydrogen-bond acceptors (Lipinski definition) is 1. The first-order valence-electron chi connectivity index (χ1n) is 6.28. The Bertz CT molecular complexity index is 471. The highest BCUT2D eigenvalue weighted by atomic mass is 35.5. The summed E-state index contributed by atoms with van der Waals surface area (Å²) in [6.07, 6.45) is 1.38. The van der Waals surface area contributed by atoms with E-state index in [4.69, 9.17) is 11.8 Å². The van der Waals surface area contributed by atoms with E-state index in [0.29, 0.717) is 12.8 Å². The number of carbonyl (C=O) groups is 1. The van der Waals surface area contributed by atoms with Crippen LogP contribution in [0.15, 0.2) is 60.7 Å². The molecule has 1 N–H and O–H groups in total. The molecule has 98 valence electrons. The third-order valence-corrected chi connectivity index (χ3v) is 3.30. The van der Waals surface area contributed by atoms with Crippen LogP contribution in [0, 0.1) is 5.92 Å². The van der Waals surface area contributed by atoms with E-state index < -0.39 is 0 Å². The number of carbonyl (C=O) groups excluding carboxylic acids is 1. The van der Waals surface area contributed by atoms with Gasteiger partial charge in [0.15, 0.2) is 0 Å². The molecule has 2 aromatic carbocycles. The van der Waals surface area contributed by atoms with Crippen LogP contribution in [0.2, 0.25) is 0 Å². The van der Waals surface area contributed by atoms with Crippen LogP contribution in [0.3, 0.4) is 0 Å². The second-order valence-corrected chi connectivity index (χ2v) is 4.72. The van der Waals surface area contributed by atoms with Crippen LogP contribution in [0.1, 0.15) is 11.1 Å². The Labute approximate surface area is 118 Å². The van der Waals surface area contributed by atoms with Gasteiger partial charge in [-0.1, -0.05) is 60.7 Å². The van der Waals surface area contributed by atoms with Crippen LogP contribution >= 0.6 is 11.8 Å². The molecule has 3 heteroatoms. The summed E-state index contributed by atoms with van der Waals surface area (Å²) in [6.45, 7) is 0. The van der Waals surface area contributed by atoms with Crippen molar-refractivity contribution in [3.63, 3.8) is 0 Å². The van der Waals surface area contributed by atoms with Gasteiger partial charge in [-0.15, -0.1) is 0 Å². The van der Waals surface area contributed by atoms with Crippen molar-refractivity contribution in [1.29, 1.82) is 0 Å². The summed E-state index contributed by atoms with van der Waals surface area (Å²) >= 11 is 5.48. The Morgan fingerprint density at radius 3 is 1.68 bits per heavy atom. The van der Waals surface area contributed by atoms with Gasteiger partial charge in [-0.2, -0.15) is 0 Å². The molecule has 0 radical (unpaired) electrons. The molecule has 19 heavy (non-hydrogen) atoms. The quantitative estimate of drug-likeness (QED) is 0.832. The van der Waals surface area contributed by atoms with Gasteiger partial charge in [-0.3, -0.25) is 9.63 Å². The summed E-state index contributed by atoms with van der Waals surface area (Å²) in [6, 6.07) is 20.0. The van der Waals surface area contributed by atoms with Crippen LogP contribution < -0.4 is 4.84 Å². The molecule has 0 bridgehead atoms. The van der Waals surface area contributed by atoms with Crippen molar-refractivity contribution in [2.75, 3.05) is 0 Å². The highest BCUT2D eigenvalue weighted by Gasteiger charge is 2.18. The first kappa shape index (κ1) is 13.6. The van der Waals surface area contributed by atoms with Crippen molar-refractivity contribution in [1.82, 2.24) is 4.84 Å². The molecule has 0 aromatic heterocycles. The lowest BCUT2D eigenvalue weighted by atomic mass is 9.92. The van der Waals surface area contributed by atoms with Gasteiger partial charge >= 0.3 is 0 Å². The normalized spacial score (nSPS) is 10.4. The zero-order valence-electron chi connectivity index (χ0n) is 10.6. The number of halogens is 1. The minimum Gasteiger partial charge on any atom is -0.273 e. The smallest absolute Gasteiger partial charge is 0.238 e. The summed E-state index contributed by atoms with van der Waals surface area (Å²) in [7, 11) is 0. The molecule has 0 atom stereocenters. The van der Waals surface area contributed by atoms with Crippen LogP contribution in [0.5, 0.6) is 0 Å². The van der Waals surface area contributed by atoms with Gasteiger partial charge in [0.2, 0.25) is 5.91 Å². The van der Waals surface area contributed by atoms with Gasteiger partial charge in [-0.25, -0.2) is 0 Å². The minimum absolute atomic E-state index is 0.130. The summed E-state index contributed by atoms with van der Waals surface area (Å²) in [5.41, 5.74) is 2.28. The third-order valence-electron chi connectivity index (χ3n) is 3.11. The molecule has 0 aliphatic heterocycles. The first-order chi connectivity index (χ1) is 9.29.